The first-order valence-corrected chi connectivity index (χ1v) is 6.21. The van der Waals surface area contributed by atoms with E-state index in [1.165, 1.54) is 11.3 Å². The third-order valence-electron chi connectivity index (χ3n) is 1.88. The molecule has 0 spiro atoms. The van der Waals surface area contributed by atoms with E-state index in [0.29, 0.717) is 4.90 Å². The van der Waals surface area contributed by atoms with Crippen LogP contribution in [0.25, 0.3) is 0 Å². The van der Waals surface area contributed by atoms with E-state index in [1.807, 2.05) is 0 Å². The van der Waals surface area contributed by atoms with Crippen molar-refractivity contribution < 1.29 is 8.42 Å². The number of hydrogen-bond donors (Lipinski definition) is 0. The van der Waals surface area contributed by atoms with Crippen LogP contribution in [-0.4, -0.2) is 26.0 Å². The quantitative estimate of drug-likeness (QED) is 0.640. The van der Waals surface area contributed by atoms with E-state index < -0.39 is 10.0 Å². The maximum absolute atomic E-state index is 11.6. The molecule has 0 saturated heterocycles. The van der Waals surface area contributed by atoms with Crippen LogP contribution in [0.15, 0.2) is 15.7 Å². The molecule has 1 aliphatic heterocycles. The number of fused-ring (bicyclic) bond motifs is 1. The molecular weight excluding hydrogens is 232 g/mol. The van der Waals surface area contributed by atoms with Crippen molar-refractivity contribution >= 4 is 38.8 Å². The highest BCUT2D eigenvalue weighted by Gasteiger charge is 2.33. The minimum atomic E-state index is -3.44. The van der Waals surface area contributed by atoms with Gasteiger partial charge in [0.05, 0.1) is 5.69 Å². The molecule has 1 aliphatic rings. The molecular formula is C6H7ClN2O2S2. The number of hydrogen-bond acceptors (Lipinski definition) is 4. The number of thiophene rings is 1. The maximum atomic E-state index is 11.6. The third-order valence-corrected chi connectivity index (χ3v) is 4.93. The van der Waals surface area contributed by atoms with Gasteiger partial charge in [0.1, 0.15) is 11.6 Å². The van der Waals surface area contributed by atoms with Gasteiger partial charge in [0.2, 0.25) is 0 Å². The Balaban J connectivity index is 2.66. The zero-order valence-corrected chi connectivity index (χ0v) is 9.16. The molecule has 0 radical (unpaired) electrons. The lowest BCUT2D eigenvalue weighted by Gasteiger charge is -2.29. The van der Waals surface area contributed by atoms with E-state index in [-0.39, 0.29) is 6.67 Å². The molecule has 13 heavy (non-hydrogen) atoms. The van der Waals surface area contributed by atoms with E-state index in [1.54, 1.807) is 22.7 Å². The third kappa shape index (κ3) is 1.25. The van der Waals surface area contributed by atoms with E-state index in [4.69, 9.17) is 11.8 Å². The molecule has 0 N–H and O–H groups in total. The van der Waals surface area contributed by atoms with Crippen LogP contribution in [-0.2, 0) is 10.0 Å². The summed E-state index contributed by atoms with van der Waals surface area (Å²) in [7, 11) is -1.64. The zero-order valence-electron chi connectivity index (χ0n) is 6.77. The molecule has 0 bridgehead atoms. The summed E-state index contributed by atoms with van der Waals surface area (Å²) in [6.07, 6.45) is 0. The van der Waals surface area contributed by atoms with Crippen molar-refractivity contribution in [3.05, 3.63) is 10.8 Å². The van der Waals surface area contributed by atoms with Crippen LogP contribution in [0.5, 0.6) is 0 Å². The average molecular weight is 239 g/mol. The smallest absolute Gasteiger partial charge is 0.261 e. The molecule has 0 atom stereocenters. The average Bonchev–Trinajstić information content (AvgIpc) is 2.49. The second-order valence-corrected chi connectivity index (χ2v) is 5.94. The van der Waals surface area contributed by atoms with Crippen molar-refractivity contribution in [1.29, 1.82) is 0 Å². The van der Waals surface area contributed by atoms with Gasteiger partial charge in [0.15, 0.2) is 0 Å². The van der Waals surface area contributed by atoms with Crippen LogP contribution in [0.4, 0.5) is 5.69 Å². The van der Waals surface area contributed by atoms with E-state index in [9.17, 15) is 8.42 Å². The number of anilines is 1. The highest BCUT2D eigenvalue weighted by Crippen LogP contribution is 2.35. The van der Waals surface area contributed by atoms with E-state index in [2.05, 4.69) is 0 Å². The van der Waals surface area contributed by atoms with Crippen LogP contribution >= 0.6 is 23.1 Å². The lowest BCUT2D eigenvalue weighted by Crippen LogP contribution is -2.38. The van der Waals surface area contributed by atoms with Crippen molar-refractivity contribution in [2.45, 2.75) is 4.90 Å². The van der Waals surface area contributed by atoms with Gasteiger partial charge in [0.25, 0.3) is 10.0 Å². The predicted octanol–water partition coefficient (Wildman–Crippen LogP) is 1.30. The SMILES string of the molecule is CN1CN(Cl)S(=O)(=O)c2cscc21. The highest BCUT2D eigenvalue weighted by molar-refractivity contribution is 7.90. The number of rotatable bonds is 0. The van der Waals surface area contributed by atoms with Crippen molar-refractivity contribution in [2.24, 2.45) is 0 Å². The highest BCUT2D eigenvalue weighted by atomic mass is 35.5. The predicted molar refractivity (Wildman–Crippen MR) is 52.5 cm³/mol. The summed E-state index contributed by atoms with van der Waals surface area (Å²) in [6.45, 7) is 0.188. The maximum Gasteiger partial charge on any atom is 0.261 e. The summed E-state index contributed by atoms with van der Waals surface area (Å²) in [5, 5.41) is 3.40. The molecule has 7 heteroatoms. The topological polar surface area (TPSA) is 40.6 Å². The van der Waals surface area contributed by atoms with Gasteiger partial charge >= 0.3 is 0 Å². The first-order valence-electron chi connectivity index (χ1n) is 3.49. The lowest BCUT2D eigenvalue weighted by molar-refractivity contribution is 0.525. The van der Waals surface area contributed by atoms with Gasteiger partial charge in [-0.15, -0.1) is 11.3 Å². The zero-order chi connectivity index (χ0) is 9.64. The van der Waals surface area contributed by atoms with Crippen LogP contribution in [0.2, 0.25) is 0 Å². The standard InChI is InChI=1S/C6H7ClN2O2S2/c1-8-4-9(7)13(10,11)6-3-12-2-5(6)8/h2-3H,4H2,1H3. The Morgan fingerprint density at radius 1 is 1.54 bits per heavy atom. The van der Waals surface area contributed by atoms with Gasteiger partial charge < -0.3 is 4.90 Å². The fourth-order valence-corrected chi connectivity index (χ4v) is 4.05. The Kier molecular flexibility index (Phi) is 2.03. The lowest BCUT2D eigenvalue weighted by atomic mass is 10.5. The van der Waals surface area contributed by atoms with Gasteiger partial charge in [-0.25, -0.2) is 8.42 Å². The monoisotopic (exact) mass is 238 g/mol. The summed E-state index contributed by atoms with van der Waals surface area (Å²) in [5.74, 6) is 0. The fourth-order valence-electron chi connectivity index (χ4n) is 1.18. The first-order chi connectivity index (χ1) is 6.03. The summed E-state index contributed by atoms with van der Waals surface area (Å²) in [6, 6.07) is 0. The number of nitrogens with zero attached hydrogens (tertiary/aromatic N) is 2. The van der Waals surface area contributed by atoms with Gasteiger partial charge in [-0.05, 0) is 11.8 Å². The molecule has 1 aromatic heterocycles. The molecule has 2 rings (SSSR count). The molecule has 0 fully saturated rings. The summed E-state index contributed by atoms with van der Waals surface area (Å²) in [4.78, 5) is 2.08. The van der Waals surface area contributed by atoms with Crippen molar-refractivity contribution in [3.63, 3.8) is 0 Å². The van der Waals surface area contributed by atoms with E-state index >= 15 is 0 Å². The second-order valence-electron chi connectivity index (χ2n) is 2.75. The van der Waals surface area contributed by atoms with Crippen LogP contribution < -0.4 is 4.90 Å². The second kappa shape index (κ2) is 2.84. The number of halogens is 1. The Bertz CT molecular complexity index is 428. The summed E-state index contributed by atoms with van der Waals surface area (Å²) < 4.78 is 24.0. The first kappa shape index (κ1) is 9.26. The van der Waals surface area contributed by atoms with Gasteiger partial charge in [-0.1, -0.05) is 3.82 Å². The van der Waals surface area contributed by atoms with Gasteiger partial charge in [-0.3, -0.25) is 0 Å². The largest absolute Gasteiger partial charge is 0.357 e. The molecule has 0 unspecified atom stereocenters. The summed E-state index contributed by atoms with van der Waals surface area (Å²) in [5.41, 5.74) is 0.724. The Hall–Kier alpha value is -0.300. The number of sulfonamides is 1. The Morgan fingerprint density at radius 2 is 2.23 bits per heavy atom. The molecule has 0 amide bonds. The molecule has 0 aliphatic carbocycles. The molecule has 0 aromatic carbocycles. The molecule has 0 saturated carbocycles. The van der Waals surface area contributed by atoms with Crippen LogP contribution in [0, 0.1) is 0 Å². The van der Waals surface area contributed by atoms with Crippen LogP contribution in [0.1, 0.15) is 0 Å². The van der Waals surface area contributed by atoms with Crippen LogP contribution in [0.3, 0.4) is 0 Å². The van der Waals surface area contributed by atoms with Gasteiger partial charge in [0, 0.05) is 17.8 Å². The van der Waals surface area contributed by atoms with E-state index in [0.717, 1.165) is 9.51 Å². The fraction of sp³-hybridized carbons (Fsp3) is 0.333. The Morgan fingerprint density at radius 3 is 2.92 bits per heavy atom. The minimum Gasteiger partial charge on any atom is -0.357 e. The summed E-state index contributed by atoms with van der Waals surface area (Å²) >= 11 is 6.95. The molecule has 72 valence electrons. The van der Waals surface area contributed by atoms with Crippen molar-refractivity contribution in [3.8, 4) is 0 Å². The van der Waals surface area contributed by atoms with Gasteiger partial charge in [-0.2, -0.15) is 0 Å². The van der Waals surface area contributed by atoms with Crippen molar-refractivity contribution in [2.75, 3.05) is 18.6 Å². The molecule has 1 aromatic rings. The molecule has 2 heterocycles. The van der Waals surface area contributed by atoms with Crippen molar-refractivity contribution in [1.82, 2.24) is 3.82 Å². The minimum absolute atomic E-state index is 0.188. The normalized spacial score (nSPS) is 21.5. The Labute approximate surface area is 85.5 Å². The molecule has 4 nitrogen and oxygen atoms in total.